The zero-order valence-corrected chi connectivity index (χ0v) is 19.5. The summed E-state index contributed by atoms with van der Waals surface area (Å²) >= 11 is 0. The lowest BCUT2D eigenvalue weighted by molar-refractivity contribution is -0.120. The van der Waals surface area contributed by atoms with Crippen LogP contribution in [0.25, 0.3) is 5.69 Å². The van der Waals surface area contributed by atoms with Gasteiger partial charge in [0.05, 0.1) is 16.3 Å². The van der Waals surface area contributed by atoms with E-state index in [1.807, 2.05) is 19.9 Å². The van der Waals surface area contributed by atoms with Gasteiger partial charge in [-0.1, -0.05) is 43.3 Å². The van der Waals surface area contributed by atoms with Gasteiger partial charge in [0.2, 0.25) is 5.91 Å². The highest BCUT2D eigenvalue weighted by Crippen LogP contribution is 2.25. The minimum absolute atomic E-state index is 0.00486. The summed E-state index contributed by atoms with van der Waals surface area (Å²) in [5, 5.41) is 2.78. The molecule has 0 saturated carbocycles. The van der Waals surface area contributed by atoms with E-state index in [2.05, 4.69) is 5.32 Å². The van der Waals surface area contributed by atoms with Crippen molar-refractivity contribution in [1.82, 2.24) is 14.7 Å². The highest BCUT2D eigenvalue weighted by Gasteiger charge is 2.33. The van der Waals surface area contributed by atoms with E-state index in [4.69, 9.17) is 0 Å². The van der Waals surface area contributed by atoms with Crippen LogP contribution in [0, 0.1) is 6.92 Å². The molecule has 0 radical (unpaired) electrons. The molecule has 0 spiro atoms. The Morgan fingerprint density at radius 1 is 1.06 bits per heavy atom. The summed E-state index contributed by atoms with van der Waals surface area (Å²) < 4.78 is 31.0. The fraction of sp³-hybridized carbons (Fsp3) is 0.304. The molecule has 8 nitrogen and oxygen atoms in total. The van der Waals surface area contributed by atoms with Gasteiger partial charge in [0.25, 0.3) is 15.6 Å². The molecule has 0 aliphatic heterocycles. The lowest BCUT2D eigenvalue weighted by atomic mass is 10.2. The minimum atomic E-state index is -4.18. The third-order valence-electron chi connectivity index (χ3n) is 5.41. The second kappa shape index (κ2) is 9.44. The Bertz CT molecular complexity index is 1250. The van der Waals surface area contributed by atoms with Crippen LogP contribution < -0.4 is 15.2 Å². The number of hydrogen-bond donors (Lipinski definition) is 1. The van der Waals surface area contributed by atoms with Gasteiger partial charge < -0.3 is 5.32 Å². The molecular formula is C23H28N4O4S. The molecule has 1 heterocycles. The van der Waals surface area contributed by atoms with Crippen molar-refractivity contribution >= 4 is 21.6 Å². The number of anilines is 1. The number of benzene rings is 2. The molecule has 0 bridgehead atoms. The number of nitrogens with one attached hydrogen (secondary N) is 1. The van der Waals surface area contributed by atoms with Crippen molar-refractivity contribution in [3.05, 3.63) is 76.7 Å². The first kappa shape index (κ1) is 23.3. The maximum atomic E-state index is 13.6. The standard InChI is InChI=1S/C23H28N4O4S/c1-5-17(2)24-21(28)16-26(32(30,31)20-14-10-7-11-15-20)22-18(3)25(4)27(23(22)29)19-12-8-6-9-13-19/h6-15,17H,5,16H2,1-4H3,(H,24,28)/t17-/m1/s1. The summed E-state index contributed by atoms with van der Waals surface area (Å²) in [6, 6.07) is 16.6. The van der Waals surface area contributed by atoms with Gasteiger partial charge in [-0.2, -0.15) is 0 Å². The summed E-state index contributed by atoms with van der Waals surface area (Å²) in [4.78, 5) is 26.2. The summed E-state index contributed by atoms with van der Waals surface area (Å²) in [5.74, 6) is -0.479. The number of hydrogen-bond acceptors (Lipinski definition) is 4. The molecule has 1 atom stereocenters. The van der Waals surface area contributed by atoms with Gasteiger partial charge in [0, 0.05) is 13.1 Å². The zero-order chi connectivity index (χ0) is 23.5. The van der Waals surface area contributed by atoms with Crippen LogP contribution in [0.3, 0.4) is 0 Å². The molecule has 3 aromatic rings. The number of carbonyl (C=O) groups is 1. The summed E-state index contributed by atoms with van der Waals surface area (Å²) in [6.45, 7) is 4.92. The number of amides is 1. The monoisotopic (exact) mass is 456 g/mol. The maximum Gasteiger partial charge on any atom is 0.296 e. The SMILES string of the molecule is CC[C@@H](C)NC(=O)CN(c1c(C)n(C)n(-c2ccccc2)c1=O)S(=O)(=O)c1ccccc1. The molecule has 0 aliphatic rings. The predicted octanol–water partition coefficient (Wildman–Crippen LogP) is 2.59. The Labute approximate surface area is 188 Å². The van der Waals surface area contributed by atoms with E-state index >= 15 is 0 Å². The molecule has 170 valence electrons. The molecule has 0 fully saturated rings. The third kappa shape index (κ3) is 4.47. The van der Waals surface area contributed by atoms with Crippen LogP contribution in [-0.4, -0.2) is 36.3 Å². The Morgan fingerprint density at radius 3 is 2.19 bits per heavy atom. The van der Waals surface area contributed by atoms with Gasteiger partial charge in [0.1, 0.15) is 12.2 Å². The van der Waals surface area contributed by atoms with Crippen molar-refractivity contribution < 1.29 is 13.2 Å². The minimum Gasteiger partial charge on any atom is -0.352 e. The van der Waals surface area contributed by atoms with E-state index in [9.17, 15) is 18.0 Å². The largest absolute Gasteiger partial charge is 0.352 e. The average molecular weight is 457 g/mol. The van der Waals surface area contributed by atoms with Crippen LogP contribution in [0.4, 0.5) is 5.69 Å². The van der Waals surface area contributed by atoms with Gasteiger partial charge in [-0.3, -0.25) is 14.3 Å². The van der Waals surface area contributed by atoms with Crippen LogP contribution in [0.2, 0.25) is 0 Å². The molecule has 1 amide bonds. The number of para-hydroxylation sites is 1. The van der Waals surface area contributed by atoms with Crippen molar-refractivity contribution in [3.8, 4) is 5.69 Å². The van der Waals surface area contributed by atoms with Crippen LogP contribution >= 0.6 is 0 Å². The molecule has 1 N–H and O–H groups in total. The van der Waals surface area contributed by atoms with E-state index in [0.717, 1.165) is 4.31 Å². The molecule has 0 aliphatic carbocycles. The number of rotatable bonds is 8. The van der Waals surface area contributed by atoms with Crippen molar-refractivity contribution in [3.63, 3.8) is 0 Å². The fourth-order valence-electron chi connectivity index (χ4n) is 3.40. The molecule has 3 rings (SSSR count). The number of sulfonamides is 1. The zero-order valence-electron chi connectivity index (χ0n) is 18.6. The van der Waals surface area contributed by atoms with Crippen molar-refractivity contribution in [1.29, 1.82) is 0 Å². The Morgan fingerprint density at radius 2 is 1.62 bits per heavy atom. The number of nitrogens with zero attached hydrogens (tertiary/aromatic N) is 3. The first-order valence-corrected chi connectivity index (χ1v) is 11.8. The quantitative estimate of drug-likeness (QED) is 0.564. The smallest absolute Gasteiger partial charge is 0.296 e. The fourth-order valence-corrected chi connectivity index (χ4v) is 4.89. The summed E-state index contributed by atoms with van der Waals surface area (Å²) in [7, 11) is -2.50. The number of aromatic nitrogens is 2. The van der Waals surface area contributed by atoms with Gasteiger partial charge in [-0.15, -0.1) is 0 Å². The van der Waals surface area contributed by atoms with E-state index in [1.165, 1.54) is 16.8 Å². The van der Waals surface area contributed by atoms with Gasteiger partial charge >= 0.3 is 0 Å². The average Bonchev–Trinajstić information content (AvgIpc) is 3.01. The Kier molecular flexibility index (Phi) is 6.88. The van der Waals surface area contributed by atoms with Crippen molar-refractivity contribution in [2.45, 2.75) is 38.1 Å². The molecular weight excluding hydrogens is 428 g/mol. The Balaban J connectivity index is 2.19. The highest BCUT2D eigenvalue weighted by atomic mass is 32.2. The molecule has 1 aromatic heterocycles. The topological polar surface area (TPSA) is 93.4 Å². The highest BCUT2D eigenvalue weighted by molar-refractivity contribution is 7.92. The summed E-state index contributed by atoms with van der Waals surface area (Å²) in [6.07, 6.45) is 0.697. The lowest BCUT2D eigenvalue weighted by Crippen LogP contribution is -2.45. The predicted molar refractivity (Wildman–Crippen MR) is 125 cm³/mol. The lowest BCUT2D eigenvalue weighted by Gasteiger charge is -2.23. The molecule has 0 saturated heterocycles. The van der Waals surface area contributed by atoms with Crippen LogP contribution in [0.15, 0.2) is 70.4 Å². The normalized spacial score (nSPS) is 12.4. The first-order valence-electron chi connectivity index (χ1n) is 10.4. The van der Waals surface area contributed by atoms with E-state index in [0.29, 0.717) is 17.8 Å². The van der Waals surface area contributed by atoms with Crippen LogP contribution in [0.1, 0.15) is 26.0 Å². The maximum absolute atomic E-state index is 13.6. The van der Waals surface area contributed by atoms with Crippen molar-refractivity contribution in [2.24, 2.45) is 7.05 Å². The molecule has 32 heavy (non-hydrogen) atoms. The summed E-state index contributed by atoms with van der Waals surface area (Å²) in [5.41, 5.74) is 0.441. The molecule has 0 unspecified atom stereocenters. The number of carbonyl (C=O) groups excluding carboxylic acids is 1. The van der Waals surface area contributed by atoms with E-state index in [-0.39, 0.29) is 16.6 Å². The van der Waals surface area contributed by atoms with Gasteiger partial charge in [-0.25, -0.2) is 17.4 Å². The molecule has 2 aromatic carbocycles. The van der Waals surface area contributed by atoms with Crippen LogP contribution in [0.5, 0.6) is 0 Å². The van der Waals surface area contributed by atoms with Crippen LogP contribution in [-0.2, 0) is 21.9 Å². The second-order valence-electron chi connectivity index (χ2n) is 7.61. The second-order valence-corrected chi connectivity index (χ2v) is 9.47. The van der Waals surface area contributed by atoms with E-state index in [1.54, 1.807) is 61.1 Å². The van der Waals surface area contributed by atoms with Gasteiger partial charge in [0.15, 0.2) is 0 Å². The van der Waals surface area contributed by atoms with E-state index < -0.39 is 28.0 Å². The first-order chi connectivity index (χ1) is 15.2. The Hall–Kier alpha value is -3.33. The van der Waals surface area contributed by atoms with Gasteiger partial charge in [-0.05, 0) is 44.5 Å². The molecule has 9 heteroatoms. The third-order valence-corrected chi connectivity index (χ3v) is 7.17. The van der Waals surface area contributed by atoms with Crippen molar-refractivity contribution in [2.75, 3.05) is 10.8 Å².